The molecule has 2 heterocycles. The van der Waals surface area contributed by atoms with Crippen LogP contribution >= 0.6 is 0 Å². The Morgan fingerprint density at radius 1 is 0.600 bits per heavy atom. The van der Waals surface area contributed by atoms with Crippen LogP contribution in [0.2, 0.25) is 0 Å². The van der Waals surface area contributed by atoms with Crippen molar-refractivity contribution in [2.45, 2.75) is 175 Å². The summed E-state index contributed by atoms with van der Waals surface area (Å²) in [6, 6.07) is -4.68. The highest BCUT2D eigenvalue weighted by Crippen LogP contribution is 2.26. The van der Waals surface area contributed by atoms with Crippen molar-refractivity contribution in [1.82, 2.24) is 50.7 Å². The fraction of sp³-hybridized carbons (Fsp3) is 0.702. The van der Waals surface area contributed by atoms with Gasteiger partial charge >= 0.3 is 5.97 Å². The van der Waals surface area contributed by atoms with Crippen molar-refractivity contribution in [3.63, 3.8) is 0 Å². The number of nitrogens with one attached hydrogen (secondary N) is 4. The summed E-state index contributed by atoms with van der Waals surface area (Å²) >= 11 is 0. The Labute approximate surface area is 472 Å². The molecule has 2 aliphatic heterocycles. The van der Waals surface area contributed by atoms with Gasteiger partial charge in [-0.05, 0) is 73.5 Å². The highest BCUT2D eigenvalue weighted by Gasteiger charge is 2.45. The monoisotopic (exact) mass is 1120 g/mol. The first kappa shape index (κ1) is 67.5. The van der Waals surface area contributed by atoms with Crippen LogP contribution in [0.25, 0.3) is 0 Å². The van der Waals surface area contributed by atoms with Crippen LogP contribution in [0.15, 0.2) is 24.3 Å². The third-order valence-electron chi connectivity index (χ3n) is 15.9. The van der Waals surface area contributed by atoms with Crippen molar-refractivity contribution < 1.29 is 62.6 Å². The minimum atomic E-state index is -1.69. The van der Waals surface area contributed by atoms with Gasteiger partial charge in [0.25, 0.3) is 0 Å². The van der Waals surface area contributed by atoms with Gasteiger partial charge in [0, 0.05) is 48.2 Å². The molecule has 11 atom stereocenters. The predicted octanol–water partition coefficient (Wildman–Crippen LogP) is 1.89. The number of carboxylic acid groups (broad SMARTS) is 1. The average molecular weight is 1130 g/mol. The van der Waals surface area contributed by atoms with Crippen molar-refractivity contribution in [3.8, 4) is 5.75 Å². The third-order valence-corrected chi connectivity index (χ3v) is 15.9. The second-order valence-corrected chi connectivity index (χ2v) is 22.8. The van der Waals surface area contributed by atoms with Crippen molar-refractivity contribution in [1.29, 1.82) is 0 Å². The first-order chi connectivity index (χ1) is 37.4. The molecule has 23 nitrogen and oxygen atoms in total. The van der Waals surface area contributed by atoms with Crippen LogP contribution in [0, 0.1) is 29.6 Å². The number of ether oxygens (including phenoxy) is 1. The maximum atomic E-state index is 14.9. The molecule has 2 saturated heterocycles. The van der Waals surface area contributed by atoms with Gasteiger partial charge in [0.15, 0.2) is 0 Å². The Balaban J connectivity index is 2.27. The second-order valence-electron chi connectivity index (χ2n) is 22.8. The normalized spacial score (nSPS) is 26.7. The second kappa shape index (κ2) is 30.1. The van der Waals surface area contributed by atoms with E-state index in [0.717, 1.165) is 14.7 Å². The number of benzene rings is 1. The zero-order chi connectivity index (χ0) is 60.8. The number of carbonyl (C=O) groups is 11. The Hall–Kier alpha value is -6.81. The van der Waals surface area contributed by atoms with Crippen LogP contribution in [0.1, 0.15) is 120 Å². The largest absolute Gasteiger partial charge is 0.497 e. The highest BCUT2D eigenvalue weighted by atomic mass is 16.5. The van der Waals surface area contributed by atoms with E-state index in [2.05, 4.69) is 21.3 Å². The smallest absolute Gasteiger partial charge is 0.305 e. The van der Waals surface area contributed by atoms with Crippen LogP contribution in [0.4, 0.5) is 0 Å². The topological polar surface area (TPSA) is 285 Å². The van der Waals surface area contributed by atoms with E-state index in [1.54, 1.807) is 86.6 Å². The number of carboxylic acids is 1. The number of fused-ring (bicyclic) bond motifs is 1. The molecule has 2 aliphatic rings. The standard InChI is InChI=1S/C57H92N10O13/c1-18-34(9)47-50(72)58-30-42(68)63(13)45(32(5)6)51(73)60-39(28-37-23-25-38(80-17)26-24-37)49(71)59-36(11)53(75)67-27-21-20-22-40(67)54(76)64(14)46(33(7)8)52(74)61-44(31(3)4)56(78)62(12)41(29-43(69)70)55(77)66(16)48(35(10)19-2)57(79)65(47)15/h23-26,31-36,39-41,44-48H,18-22,27-30H2,1-17H3,(H,58,72)(H,59,71)(H,60,73)(H,61,74)(H,69,70)/t34-,35-,36-,39-,40-,41-,44-,45-,46-,47-,48-/m0/s1. The maximum absolute atomic E-state index is 14.9. The SMILES string of the molecule is CC[C@H](C)[C@H]1C(=O)NCC(=O)N(C)[C@@H](C(C)C)C(=O)N[C@@H](Cc2ccc(OC)cc2)C(=O)N[C@@H](C)C(=O)N2CCCC[C@H]2C(=O)N(C)[C@@H](C(C)C)C(=O)N[C@@H](C(C)C)C(=O)N(C)[C@@H](CC(=O)O)C(=O)N(C)[C@@H]([C@@H](C)CC)C(=O)N1C. The van der Waals surface area contributed by atoms with Gasteiger partial charge in [-0.1, -0.05) is 94.2 Å². The molecule has 3 rings (SSSR count). The van der Waals surface area contributed by atoms with Crippen molar-refractivity contribution in [2.24, 2.45) is 29.6 Å². The molecule has 5 N–H and O–H groups in total. The molecule has 10 amide bonds. The molecule has 23 heteroatoms. The zero-order valence-electron chi connectivity index (χ0n) is 50.3. The lowest BCUT2D eigenvalue weighted by atomic mass is 9.92. The molecule has 1 aromatic rings. The minimum Gasteiger partial charge on any atom is -0.497 e. The summed E-state index contributed by atoms with van der Waals surface area (Å²) in [4.78, 5) is 165. The Kier molecular flexibility index (Phi) is 25.4. The summed E-state index contributed by atoms with van der Waals surface area (Å²) in [5.41, 5.74) is 0.621. The van der Waals surface area contributed by atoms with Gasteiger partial charge in [0.05, 0.1) is 20.1 Å². The predicted molar refractivity (Wildman–Crippen MR) is 299 cm³/mol. The summed E-state index contributed by atoms with van der Waals surface area (Å²) in [5.74, 6) is -10.8. The summed E-state index contributed by atoms with van der Waals surface area (Å²) in [5, 5.41) is 21.2. The van der Waals surface area contributed by atoms with Gasteiger partial charge in [-0.3, -0.25) is 52.7 Å². The van der Waals surface area contributed by atoms with E-state index < -0.39 is 162 Å². The van der Waals surface area contributed by atoms with Gasteiger partial charge in [-0.25, -0.2) is 0 Å². The van der Waals surface area contributed by atoms with E-state index in [9.17, 15) is 57.8 Å². The number of likely N-dealkylation sites (N-methyl/N-ethyl adjacent to an activating group) is 5. The van der Waals surface area contributed by atoms with Crippen LogP contribution in [0.5, 0.6) is 5.75 Å². The molecular weight excluding hydrogens is 1030 g/mol. The molecule has 0 saturated carbocycles. The lowest BCUT2D eigenvalue weighted by Gasteiger charge is -2.41. The Morgan fingerprint density at radius 2 is 1.12 bits per heavy atom. The Morgan fingerprint density at radius 3 is 1.65 bits per heavy atom. The number of piperidine rings is 1. The van der Waals surface area contributed by atoms with E-state index >= 15 is 0 Å². The first-order valence-electron chi connectivity index (χ1n) is 28.0. The van der Waals surface area contributed by atoms with Gasteiger partial charge in [-0.15, -0.1) is 0 Å². The Bertz CT molecular complexity index is 2380. The number of aliphatic carboxylic acids is 1. The number of nitrogens with zero attached hydrogens (tertiary/aromatic N) is 6. The average Bonchev–Trinajstić information content (AvgIpc) is 3.41. The van der Waals surface area contributed by atoms with E-state index in [4.69, 9.17) is 4.74 Å². The summed E-state index contributed by atoms with van der Waals surface area (Å²) in [6.45, 7) is 18.2. The first-order valence-corrected chi connectivity index (χ1v) is 28.0. The molecule has 0 radical (unpaired) electrons. The molecule has 80 heavy (non-hydrogen) atoms. The fourth-order valence-electron chi connectivity index (χ4n) is 10.8. The molecule has 0 aliphatic carbocycles. The van der Waals surface area contributed by atoms with Crippen molar-refractivity contribution in [3.05, 3.63) is 29.8 Å². The van der Waals surface area contributed by atoms with Gasteiger partial charge in [-0.2, -0.15) is 0 Å². The quantitative estimate of drug-likeness (QED) is 0.200. The lowest BCUT2D eigenvalue weighted by Crippen LogP contribution is -2.63. The minimum absolute atomic E-state index is 0.0527. The van der Waals surface area contributed by atoms with E-state index in [-0.39, 0.29) is 19.4 Å². The molecule has 0 unspecified atom stereocenters. The molecule has 0 aromatic heterocycles. The highest BCUT2D eigenvalue weighted by molar-refractivity contribution is 6.00. The van der Waals surface area contributed by atoms with Crippen LogP contribution in [-0.4, -0.2) is 209 Å². The molecular formula is C57H92N10O13. The van der Waals surface area contributed by atoms with Crippen molar-refractivity contribution in [2.75, 3.05) is 55.4 Å². The number of hydrogen-bond acceptors (Lipinski definition) is 12. The summed E-state index contributed by atoms with van der Waals surface area (Å²) < 4.78 is 5.32. The van der Waals surface area contributed by atoms with Crippen LogP contribution in [-0.2, 0) is 59.2 Å². The van der Waals surface area contributed by atoms with Crippen LogP contribution in [0.3, 0.4) is 0 Å². The molecule has 0 spiro atoms. The van der Waals surface area contributed by atoms with E-state index in [1.807, 2.05) is 6.92 Å². The molecule has 0 bridgehead atoms. The lowest BCUT2D eigenvalue weighted by molar-refractivity contribution is -0.157. The summed E-state index contributed by atoms with van der Waals surface area (Å²) in [7, 11) is 8.29. The van der Waals surface area contributed by atoms with E-state index in [1.165, 1.54) is 64.0 Å². The summed E-state index contributed by atoms with van der Waals surface area (Å²) in [6.07, 6.45) is 1.14. The van der Waals surface area contributed by atoms with Gasteiger partial charge in [0.2, 0.25) is 59.1 Å². The number of carbonyl (C=O) groups excluding carboxylic acids is 10. The number of methoxy groups -OCH3 is 1. The number of hydrogen-bond donors (Lipinski definition) is 5. The zero-order valence-corrected chi connectivity index (χ0v) is 50.3. The van der Waals surface area contributed by atoms with Gasteiger partial charge in [0.1, 0.15) is 60.1 Å². The number of rotatable bonds is 12. The molecule has 2 fully saturated rings. The fourth-order valence-corrected chi connectivity index (χ4v) is 10.8. The third kappa shape index (κ3) is 16.6. The maximum Gasteiger partial charge on any atom is 0.305 e. The number of amides is 10. The van der Waals surface area contributed by atoms with Crippen molar-refractivity contribution >= 4 is 65.0 Å². The molecule has 1 aromatic carbocycles. The van der Waals surface area contributed by atoms with Crippen LogP contribution < -0.4 is 26.0 Å². The molecule has 448 valence electrons. The van der Waals surface area contributed by atoms with Gasteiger partial charge < -0.3 is 60.5 Å². The van der Waals surface area contributed by atoms with E-state index in [0.29, 0.717) is 37.0 Å².